The molecule has 1 aromatic rings. The summed E-state index contributed by atoms with van der Waals surface area (Å²) in [6, 6.07) is 5.44. The molecule has 0 saturated carbocycles. The molecule has 1 N–H and O–H groups in total. The van der Waals surface area contributed by atoms with E-state index in [9.17, 15) is 14.0 Å². The first kappa shape index (κ1) is 20.7. The topological polar surface area (TPSA) is 49.4 Å². The van der Waals surface area contributed by atoms with Crippen molar-refractivity contribution in [1.82, 2.24) is 10.2 Å². The number of amides is 2. The number of nitrogens with one attached hydrogen (secondary N) is 1. The van der Waals surface area contributed by atoms with Crippen molar-refractivity contribution in [3.05, 3.63) is 35.6 Å². The van der Waals surface area contributed by atoms with Crippen LogP contribution in [0.3, 0.4) is 0 Å². The zero-order chi connectivity index (χ0) is 19.1. The summed E-state index contributed by atoms with van der Waals surface area (Å²) in [7, 11) is 0. The predicted octanol–water partition coefficient (Wildman–Crippen LogP) is 4.06. The molecule has 0 radical (unpaired) electrons. The van der Waals surface area contributed by atoms with Crippen LogP contribution >= 0.6 is 11.8 Å². The summed E-state index contributed by atoms with van der Waals surface area (Å²) in [5.41, 5.74) is 0.0348. The average Bonchev–Trinajstić information content (AvgIpc) is 3.01. The molecule has 1 aromatic carbocycles. The van der Waals surface area contributed by atoms with Crippen molar-refractivity contribution in [3.8, 4) is 0 Å². The fourth-order valence-corrected chi connectivity index (χ4v) is 4.74. The maximum absolute atomic E-state index is 14.1. The Morgan fingerprint density at radius 3 is 2.69 bits per heavy atom. The Balaban J connectivity index is 2.17. The van der Waals surface area contributed by atoms with Crippen molar-refractivity contribution in [2.45, 2.75) is 57.9 Å². The molecule has 4 nitrogen and oxygen atoms in total. The number of unbranched alkanes of at least 4 members (excludes halogenated alkanes) is 2. The highest BCUT2D eigenvalue weighted by Gasteiger charge is 2.42. The quantitative estimate of drug-likeness (QED) is 0.692. The molecule has 1 heterocycles. The zero-order valence-electron chi connectivity index (χ0n) is 15.8. The van der Waals surface area contributed by atoms with Gasteiger partial charge in [0.15, 0.2) is 0 Å². The van der Waals surface area contributed by atoms with Crippen LogP contribution < -0.4 is 5.32 Å². The van der Waals surface area contributed by atoms with Gasteiger partial charge in [-0.05, 0) is 30.9 Å². The van der Waals surface area contributed by atoms with Crippen molar-refractivity contribution < 1.29 is 14.0 Å². The van der Waals surface area contributed by atoms with Gasteiger partial charge in [0.25, 0.3) is 5.91 Å². The van der Waals surface area contributed by atoms with Gasteiger partial charge in [-0.2, -0.15) is 0 Å². The van der Waals surface area contributed by atoms with Gasteiger partial charge in [-0.3, -0.25) is 9.59 Å². The minimum Gasteiger partial charge on any atom is -0.354 e. The van der Waals surface area contributed by atoms with Crippen molar-refractivity contribution in [2.75, 3.05) is 12.3 Å². The fraction of sp³-hybridized carbons (Fsp3) is 0.600. The minimum atomic E-state index is -0.544. The van der Waals surface area contributed by atoms with Crippen LogP contribution in [0, 0.1) is 11.7 Å². The number of hydrogen-bond acceptors (Lipinski definition) is 3. The number of carbonyl (C=O) groups is 2. The molecule has 1 aliphatic heterocycles. The van der Waals surface area contributed by atoms with Crippen molar-refractivity contribution in [2.24, 2.45) is 5.92 Å². The van der Waals surface area contributed by atoms with E-state index in [1.165, 1.54) is 12.1 Å². The third kappa shape index (κ3) is 5.22. The van der Waals surface area contributed by atoms with Crippen LogP contribution in [0.5, 0.6) is 0 Å². The van der Waals surface area contributed by atoms with Crippen molar-refractivity contribution in [3.63, 3.8) is 0 Å². The fourth-order valence-electron chi connectivity index (χ4n) is 3.10. The average molecular weight is 381 g/mol. The van der Waals surface area contributed by atoms with Crippen molar-refractivity contribution in [1.29, 1.82) is 0 Å². The van der Waals surface area contributed by atoms with Crippen LogP contribution in [0.2, 0.25) is 0 Å². The summed E-state index contributed by atoms with van der Waals surface area (Å²) in [5.74, 6) is -0.136. The lowest BCUT2D eigenvalue weighted by Gasteiger charge is -2.30. The summed E-state index contributed by atoms with van der Waals surface area (Å²) < 4.78 is 14.1. The van der Waals surface area contributed by atoms with Gasteiger partial charge in [0, 0.05) is 12.3 Å². The predicted molar refractivity (Wildman–Crippen MR) is 105 cm³/mol. The monoisotopic (exact) mass is 380 g/mol. The summed E-state index contributed by atoms with van der Waals surface area (Å²) in [4.78, 5) is 27.3. The summed E-state index contributed by atoms with van der Waals surface area (Å²) in [5, 5.41) is 2.84. The second-order valence-corrected chi connectivity index (χ2v) is 8.33. The lowest BCUT2D eigenvalue weighted by atomic mass is 10.1. The minimum absolute atomic E-state index is 0.0348. The molecule has 2 atom stereocenters. The van der Waals surface area contributed by atoms with Gasteiger partial charge in [0.2, 0.25) is 5.91 Å². The second kappa shape index (κ2) is 9.95. The van der Waals surface area contributed by atoms with Gasteiger partial charge in [-0.15, -0.1) is 11.8 Å². The maximum atomic E-state index is 14.1. The molecule has 2 amide bonds. The molecule has 2 unspecified atom stereocenters. The van der Waals surface area contributed by atoms with Gasteiger partial charge in [0.1, 0.15) is 11.9 Å². The van der Waals surface area contributed by atoms with Crippen molar-refractivity contribution >= 4 is 23.6 Å². The normalized spacial score (nSPS) is 19.8. The Kier molecular flexibility index (Phi) is 7.94. The Labute approximate surface area is 159 Å². The largest absolute Gasteiger partial charge is 0.354 e. The maximum Gasteiger partial charge on any atom is 0.258 e. The molecule has 0 aliphatic carbocycles. The molecule has 1 aliphatic rings. The van der Waals surface area contributed by atoms with Gasteiger partial charge >= 0.3 is 0 Å². The number of carbonyl (C=O) groups excluding carboxylic acids is 2. The first-order valence-electron chi connectivity index (χ1n) is 9.42. The molecule has 1 fully saturated rings. The molecule has 0 spiro atoms. The Morgan fingerprint density at radius 2 is 2.04 bits per heavy atom. The van der Waals surface area contributed by atoms with Crippen LogP contribution in [0.1, 0.15) is 56.8 Å². The molecular formula is C20H29FN2O2S. The molecular weight excluding hydrogens is 351 g/mol. The van der Waals surface area contributed by atoms with Gasteiger partial charge in [-0.25, -0.2) is 4.39 Å². The van der Waals surface area contributed by atoms with Crippen LogP contribution in [0.15, 0.2) is 24.3 Å². The first-order chi connectivity index (χ1) is 12.5. The van der Waals surface area contributed by atoms with Gasteiger partial charge in [-0.1, -0.05) is 45.7 Å². The van der Waals surface area contributed by atoms with Crippen LogP contribution in [-0.4, -0.2) is 40.4 Å². The lowest BCUT2D eigenvalue weighted by Crippen LogP contribution is -2.50. The van der Waals surface area contributed by atoms with E-state index in [0.29, 0.717) is 18.2 Å². The number of halogens is 1. The smallest absolute Gasteiger partial charge is 0.258 e. The summed E-state index contributed by atoms with van der Waals surface area (Å²) in [6.45, 7) is 6.90. The highest BCUT2D eigenvalue weighted by Crippen LogP contribution is 2.35. The second-order valence-electron chi connectivity index (χ2n) is 7.12. The van der Waals surface area contributed by atoms with Crippen LogP contribution in [0.4, 0.5) is 4.39 Å². The van der Waals surface area contributed by atoms with E-state index in [-0.39, 0.29) is 16.8 Å². The van der Waals surface area contributed by atoms with E-state index in [1.807, 2.05) is 0 Å². The summed E-state index contributed by atoms with van der Waals surface area (Å²) in [6.07, 6.45) is 3.86. The van der Waals surface area contributed by atoms with Gasteiger partial charge in [0.05, 0.1) is 10.9 Å². The third-order valence-corrected chi connectivity index (χ3v) is 5.80. The molecule has 0 bridgehead atoms. The molecule has 2 rings (SSSR count). The van der Waals surface area contributed by atoms with E-state index >= 15 is 0 Å². The number of rotatable bonds is 8. The summed E-state index contributed by atoms with van der Waals surface area (Å²) >= 11 is 1.61. The van der Waals surface area contributed by atoms with E-state index in [4.69, 9.17) is 0 Å². The van der Waals surface area contributed by atoms with Gasteiger partial charge < -0.3 is 10.2 Å². The number of nitrogens with zero attached hydrogens (tertiary/aromatic N) is 1. The number of hydrogen-bond donors (Lipinski definition) is 1. The standard InChI is InChI=1S/C20H29FN2O2S/c1-4-5-8-11-22-19(24)17-13-26-18(12-14(2)3)23(17)20(25)15-9-6-7-10-16(15)21/h6-7,9-10,14,17-18H,4-5,8,11-13H2,1-3H3,(H,22,24). The Bertz CT molecular complexity index is 624. The van der Waals surface area contributed by atoms with E-state index in [1.54, 1.807) is 28.8 Å². The van der Waals surface area contributed by atoms with Crippen LogP contribution in [-0.2, 0) is 4.79 Å². The van der Waals surface area contributed by atoms with E-state index < -0.39 is 17.8 Å². The first-order valence-corrected chi connectivity index (χ1v) is 10.5. The molecule has 1 saturated heterocycles. The number of benzene rings is 1. The molecule has 6 heteroatoms. The molecule has 144 valence electrons. The SMILES string of the molecule is CCCCCNC(=O)C1CSC(CC(C)C)N1C(=O)c1ccccc1F. The number of thioether (sulfide) groups is 1. The Morgan fingerprint density at radius 1 is 1.31 bits per heavy atom. The van der Waals surface area contributed by atoms with Crippen LogP contribution in [0.25, 0.3) is 0 Å². The lowest BCUT2D eigenvalue weighted by molar-refractivity contribution is -0.124. The third-order valence-electron chi connectivity index (χ3n) is 4.49. The zero-order valence-corrected chi connectivity index (χ0v) is 16.7. The van der Waals surface area contributed by atoms with E-state index in [0.717, 1.165) is 25.7 Å². The molecule has 26 heavy (non-hydrogen) atoms. The molecule has 0 aromatic heterocycles. The highest BCUT2D eigenvalue weighted by molar-refractivity contribution is 8.00. The highest BCUT2D eigenvalue weighted by atomic mass is 32.2. The van der Waals surface area contributed by atoms with E-state index in [2.05, 4.69) is 26.1 Å². The Hall–Kier alpha value is -1.56.